The molecule has 2 aromatic rings. The smallest absolute Gasteiger partial charge is 0.258 e. The summed E-state index contributed by atoms with van der Waals surface area (Å²) in [7, 11) is 0. The van der Waals surface area contributed by atoms with Gasteiger partial charge in [0, 0.05) is 23.3 Å². The predicted octanol–water partition coefficient (Wildman–Crippen LogP) is -0.388. The summed E-state index contributed by atoms with van der Waals surface area (Å²) in [5.74, 6) is 0. The normalized spacial score (nSPS) is 11.8. The molecule has 0 atom stereocenters. The number of nitrogens with zero attached hydrogens (tertiary/aromatic N) is 2. The van der Waals surface area contributed by atoms with E-state index < -0.39 is 31.1 Å². The van der Waals surface area contributed by atoms with Gasteiger partial charge in [0.05, 0.1) is 22.0 Å². The summed E-state index contributed by atoms with van der Waals surface area (Å²) < 4.78 is 1.90. The summed E-state index contributed by atoms with van der Waals surface area (Å²) in [6.45, 7) is 0. The number of benzene rings is 2. The van der Waals surface area contributed by atoms with Crippen molar-refractivity contribution in [3.05, 3.63) is 63.8 Å². The minimum Gasteiger partial charge on any atom is -0.258 e. The first-order valence-electron chi connectivity index (χ1n) is 5.28. The lowest BCUT2D eigenvalue weighted by Gasteiger charge is -1.95. The van der Waals surface area contributed by atoms with Gasteiger partial charge in [0.1, 0.15) is 0 Å². The van der Waals surface area contributed by atoms with Gasteiger partial charge >= 0.3 is 21.2 Å². The molecule has 7 heteroatoms. The highest BCUT2D eigenvalue weighted by molar-refractivity contribution is 5.67. The first-order valence-corrected chi connectivity index (χ1v) is 7.44. The summed E-state index contributed by atoms with van der Waals surface area (Å²) in [6, 6.07) is 9.55. The largest absolute Gasteiger partial charge is 0.359 e. The Hall–Kier alpha value is -2.03. The predicted molar refractivity (Wildman–Crippen MR) is 62.6 cm³/mol. The van der Waals surface area contributed by atoms with E-state index in [4.69, 9.17) is 0 Å². The van der Waals surface area contributed by atoms with Gasteiger partial charge < -0.3 is 0 Å². The highest BCUT2D eigenvalue weighted by Crippen LogP contribution is 2.27. The maximum absolute atomic E-state index is 10.7. The number of halogens is 1. The van der Waals surface area contributed by atoms with Gasteiger partial charge in [-0.3, -0.25) is 20.2 Å². The molecule has 0 radical (unpaired) electrons. The topological polar surface area (TPSA) is 86.3 Å². The van der Waals surface area contributed by atoms with Crippen molar-refractivity contribution >= 4 is 11.4 Å². The molecule has 0 fully saturated rings. The molecule has 2 aromatic carbocycles. The van der Waals surface area contributed by atoms with Gasteiger partial charge in [-0.1, -0.05) is 0 Å². The lowest BCUT2D eigenvalue weighted by atomic mass is 10.1. The molecule has 0 bridgehead atoms. The van der Waals surface area contributed by atoms with Crippen LogP contribution in [0.25, 0.3) is 11.1 Å². The molecular weight excluding hydrogens is 363 g/mol. The summed E-state index contributed by atoms with van der Waals surface area (Å²) in [6.07, 6.45) is 0. The number of non-ortho nitro benzene ring substituents is 2. The van der Waals surface area contributed by atoms with Crippen LogP contribution in [0.4, 0.5) is 11.4 Å². The maximum atomic E-state index is 10.7. The minimum absolute atomic E-state index is 0.0701. The summed E-state index contributed by atoms with van der Waals surface area (Å²) in [4.78, 5) is 20.6. The standard InChI is InChI=1S/C12H6IN2O4/c16-14(17)7-1-3-9-10-4-2-8(15(18)19)6-12(10)13-11(9)5-7/h1-6H/q+1. The van der Waals surface area contributed by atoms with Crippen LogP contribution < -0.4 is 21.2 Å². The first-order chi connectivity index (χ1) is 9.06. The molecule has 19 heavy (non-hydrogen) atoms. The zero-order chi connectivity index (χ0) is 13.6. The fourth-order valence-electron chi connectivity index (χ4n) is 1.94. The summed E-state index contributed by atoms with van der Waals surface area (Å²) in [5, 5.41) is 21.5. The van der Waals surface area contributed by atoms with Crippen molar-refractivity contribution in [3.8, 4) is 11.1 Å². The van der Waals surface area contributed by atoms with Gasteiger partial charge in [-0.05, 0) is 12.1 Å². The van der Waals surface area contributed by atoms with E-state index in [1.807, 2.05) is 0 Å². The van der Waals surface area contributed by atoms with E-state index in [0.717, 1.165) is 18.3 Å². The fraction of sp³-hybridized carbons (Fsp3) is 0. The molecule has 3 rings (SSSR count). The molecule has 0 spiro atoms. The molecule has 0 saturated heterocycles. The van der Waals surface area contributed by atoms with E-state index in [9.17, 15) is 20.2 Å². The van der Waals surface area contributed by atoms with Crippen LogP contribution in [0.1, 0.15) is 0 Å². The van der Waals surface area contributed by atoms with Crippen LogP contribution in [0.15, 0.2) is 36.4 Å². The van der Waals surface area contributed by atoms with Crippen molar-refractivity contribution in [2.24, 2.45) is 0 Å². The molecule has 1 aliphatic heterocycles. The zero-order valence-electron chi connectivity index (χ0n) is 9.37. The highest BCUT2D eigenvalue weighted by Gasteiger charge is 2.36. The van der Waals surface area contributed by atoms with Crippen LogP contribution >= 0.6 is 0 Å². The van der Waals surface area contributed by atoms with Gasteiger partial charge in [0.15, 0.2) is 0 Å². The second-order valence-electron chi connectivity index (χ2n) is 3.94. The second kappa shape index (κ2) is 4.26. The van der Waals surface area contributed by atoms with Crippen LogP contribution in [-0.2, 0) is 0 Å². The number of nitro groups is 2. The van der Waals surface area contributed by atoms with Gasteiger partial charge in [0.25, 0.3) is 11.4 Å². The third-order valence-electron chi connectivity index (χ3n) is 2.82. The third-order valence-corrected chi connectivity index (χ3v) is 5.77. The van der Waals surface area contributed by atoms with Gasteiger partial charge in [-0.15, -0.1) is 0 Å². The van der Waals surface area contributed by atoms with E-state index in [1.54, 1.807) is 24.3 Å². The van der Waals surface area contributed by atoms with Crippen LogP contribution in [0.3, 0.4) is 0 Å². The van der Waals surface area contributed by atoms with E-state index in [2.05, 4.69) is 0 Å². The molecule has 0 amide bonds. The van der Waals surface area contributed by atoms with Crippen molar-refractivity contribution in [1.29, 1.82) is 0 Å². The van der Waals surface area contributed by atoms with Crippen LogP contribution in [0.5, 0.6) is 0 Å². The van der Waals surface area contributed by atoms with Crippen LogP contribution in [-0.4, -0.2) is 9.85 Å². The van der Waals surface area contributed by atoms with Crippen LogP contribution in [0.2, 0.25) is 0 Å². The Kier molecular flexibility index (Phi) is 2.70. The average molecular weight is 369 g/mol. The van der Waals surface area contributed by atoms with Crippen molar-refractivity contribution in [2.75, 3.05) is 0 Å². The highest BCUT2D eigenvalue weighted by atomic mass is 127. The Labute approximate surface area is 117 Å². The average Bonchev–Trinajstić information content (AvgIpc) is 2.74. The number of nitro benzene ring substituents is 2. The monoisotopic (exact) mass is 369 g/mol. The van der Waals surface area contributed by atoms with E-state index in [1.165, 1.54) is 12.1 Å². The van der Waals surface area contributed by atoms with Gasteiger partial charge in [0.2, 0.25) is 7.14 Å². The summed E-state index contributed by atoms with van der Waals surface area (Å²) in [5.41, 5.74) is 2.06. The van der Waals surface area contributed by atoms with Crippen molar-refractivity contribution in [3.63, 3.8) is 0 Å². The molecule has 1 aliphatic rings. The van der Waals surface area contributed by atoms with Crippen molar-refractivity contribution < 1.29 is 31.1 Å². The molecule has 0 unspecified atom stereocenters. The molecule has 0 aromatic heterocycles. The Morgan fingerprint density at radius 3 is 1.58 bits per heavy atom. The molecule has 0 aliphatic carbocycles. The van der Waals surface area contributed by atoms with Crippen molar-refractivity contribution in [2.45, 2.75) is 0 Å². The Balaban J connectivity index is 2.10. The molecule has 94 valence electrons. The number of rotatable bonds is 2. The molecule has 1 heterocycles. The molecule has 6 nitrogen and oxygen atoms in total. The Bertz CT molecular complexity index is 668. The lowest BCUT2D eigenvalue weighted by molar-refractivity contribution is -0.590. The van der Waals surface area contributed by atoms with E-state index in [-0.39, 0.29) is 11.4 Å². The first kappa shape index (κ1) is 12.0. The summed E-state index contributed by atoms with van der Waals surface area (Å²) >= 11 is -0.591. The second-order valence-corrected chi connectivity index (χ2v) is 6.80. The van der Waals surface area contributed by atoms with Gasteiger partial charge in [-0.25, -0.2) is 0 Å². The molecule has 0 saturated carbocycles. The third kappa shape index (κ3) is 1.95. The van der Waals surface area contributed by atoms with E-state index in [0.29, 0.717) is 0 Å². The number of fused-ring (bicyclic) bond motifs is 3. The zero-order valence-corrected chi connectivity index (χ0v) is 11.5. The van der Waals surface area contributed by atoms with E-state index >= 15 is 0 Å². The number of hydrogen-bond acceptors (Lipinski definition) is 4. The molecule has 0 N–H and O–H groups in total. The maximum Gasteiger partial charge on any atom is 0.359 e. The van der Waals surface area contributed by atoms with Crippen molar-refractivity contribution in [1.82, 2.24) is 0 Å². The van der Waals surface area contributed by atoms with Gasteiger partial charge in [-0.2, -0.15) is 0 Å². The lowest BCUT2D eigenvalue weighted by Crippen LogP contribution is -3.61. The SMILES string of the molecule is O=[N+]([O-])c1ccc2c(c1)[I+]c1cc([N+](=O)[O-])ccc1-2. The Morgan fingerprint density at radius 1 is 0.789 bits per heavy atom. The minimum atomic E-state index is -0.591. The van der Waals surface area contributed by atoms with Crippen LogP contribution in [0, 0.1) is 27.4 Å². The Morgan fingerprint density at radius 2 is 1.21 bits per heavy atom. The number of hydrogen-bond donors (Lipinski definition) is 0. The quantitative estimate of drug-likeness (QED) is 0.350. The molecular formula is C12H6IN2O4+. The fourth-order valence-corrected chi connectivity index (χ4v) is 5.04.